The number of sulfonamides is 1. The smallest absolute Gasteiger partial charge is 0.243 e. The molecule has 0 aromatic heterocycles. The Morgan fingerprint density at radius 2 is 1.52 bits per heavy atom. The van der Waals surface area contributed by atoms with E-state index in [1.165, 1.54) is 0 Å². The quantitative estimate of drug-likeness (QED) is 0.593. The van der Waals surface area contributed by atoms with E-state index in [1.807, 2.05) is 18.2 Å². The molecule has 2 fully saturated rings. The van der Waals surface area contributed by atoms with Crippen molar-refractivity contribution in [1.29, 1.82) is 0 Å². The number of rotatable bonds is 6. The van der Waals surface area contributed by atoms with Gasteiger partial charge in [0, 0.05) is 46.8 Å². The molecule has 1 N–H and O–H groups in total. The summed E-state index contributed by atoms with van der Waals surface area (Å²) in [6.45, 7) is 3.38. The Morgan fingerprint density at radius 3 is 2.12 bits per heavy atom. The third-order valence-electron chi connectivity index (χ3n) is 6.48. The van der Waals surface area contributed by atoms with E-state index in [4.69, 9.17) is 23.2 Å². The topological polar surface area (TPSA) is 69.7 Å². The van der Waals surface area contributed by atoms with Crippen molar-refractivity contribution < 1.29 is 13.2 Å². The van der Waals surface area contributed by atoms with Crippen LogP contribution in [-0.2, 0) is 21.4 Å². The highest BCUT2D eigenvalue weighted by Crippen LogP contribution is 2.28. The number of halogens is 2. The molecular weight excluding hydrogens is 481 g/mol. The largest absolute Gasteiger partial charge is 0.326 e. The summed E-state index contributed by atoms with van der Waals surface area (Å²) in [6.07, 6.45) is 4.36. The van der Waals surface area contributed by atoms with E-state index in [0.717, 1.165) is 50.8 Å². The molecule has 4 rings (SSSR count). The predicted molar refractivity (Wildman–Crippen MR) is 132 cm³/mol. The fourth-order valence-electron chi connectivity index (χ4n) is 4.47. The molecular formula is C24H29Cl2N3O3S. The van der Waals surface area contributed by atoms with E-state index in [0.29, 0.717) is 35.4 Å². The molecule has 2 aromatic rings. The van der Waals surface area contributed by atoms with Crippen LogP contribution >= 0.6 is 23.2 Å². The van der Waals surface area contributed by atoms with Gasteiger partial charge in [-0.1, -0.05) is 35.7 Å². The molecule has 1 amide bonds. The molecule has 33 heavy (non-hydrogen) atoms. The van der Waals surface area contributed by atoms with Crippen LogP contribution in [0.4, 0.5) is 5.69 Å². The van der Waals surface area contributed by atoms with Crippen molar-refractivity contribution >= 4 is 44.8 Å². The number of nitrogens with zero attached hydrogens (tertiary/aromatic N) is 2. The van der Waals surface area contributed by atoms with Crippen molar-refractivity contribution in [3.05, 3.63) is 58.1 Å². The van der Waals surface area contributed by atoms with Gasteiger partial charge in [-0.15, -0.1) is 0 Å². The lowest BCUT2D eigenvalue weighted by Crippen LogP contribution is -2.37. The second-order valence-electron chi connectivity index (χ2n) is 8.73. The van der Waals surface area contributed by atoms with Gasteiger partial charge in [0.2, 0.25) is 15.9 Å². The Balaban J connectivity index is 1.30. The van der Waals surface area contributed by atoms with Crippen molar-refractivity contribution in [2.24, 2.45) is 5.92 Å². The number of carbonyl (C=O) groups excluding carboxylic acids is 1. The van der Waals surface area contributed by atoms with Crippen molar-refractivity contribution in [2.75, 3.05) is 31.5 Å². The third-order valence-corrected chi connectivity index (χ3v) is 9.10. The minimum Gasteiger partial charge on any atom is -0.326 e. The van der Waals surface area contributed by atoms with Gasteiger partial charge in [0.25, 0.3) is 0 Å². The highest BCUT2D eigenvalue weighted by atomic mass is 35.5. The van der Waals surface area contributed by atoms with Gasteiger partial charge in [0.05, 0.1) is 4.90 Å². The molecule has 0 radical (unpaired) electrons. The summed E-state index contributed by atoms with van der Waals surface area (Å²) in [4.78, 5) is 15.3. The van der Waals surface area contributed by atoms with Crippen LogP contribution in [0, 0.1) is 5.92 Å². The highest BCUT2D eigenvalue weighted by molar-refractivity contribution is 7.89. The number of benzene rings is 2. The molecule has 9 heteroatoms. The Labute approximate surface area is 205 Å². The molecule has 0 aliphatic carbocycles. The van der Waals surface area contributed by atoms with Crippen LogP contribution < -0.4 is 5.32 Å². The van der Waals surface area contributed by atoms with Gasteiger partial charge < -0.3 is 5.32 Å². The number of hydrogen-bond acceptors (Lipinski definition) is 4. The molecule has 0 unspecified atom stereocenters. The molecule has 6 nitrogen and oxygen atoms in total. The lowest BCUT2D eigenvalue weighted by atomic mass is 9.95. The minimum atomic E-state index is -3.47. The summed E-state index contributed by atoms with van der Waals surface area (Å²) in [5.74, 6) is -0.114. The molecule has 2 aliphatic rings. The van der Waals surface area contributed by atoms with E-state index >= 15 is 0 Å². The zero-order valence-corrected chi connectivity index (χ0v) is 20.8. The van der Waals surface area contributed by atoms with Crippen LogP contribution in [-0.4, -0.2) is 49.7 Å². The monoisotopic (exact) mass is 509 g/mol. The first-order chi connectivity index (χ1) is 15.8. The first-order valence-corrected chi connectivity index (χ1v) is 13.6. The standard InChI is InChI=1S/C24H29Cl2N3O3S/c25-22-5-4-6-23(26)21(22)17-28-15-11-18(12-16-28)24(30)27-19-7-9-20(10-8-19)33(31,32)29-13-2-1-3-14-29/h4-10,18H,1-3,11-17H2,(H,27,30). The molecule has 178 valence electrons. The van der Waals surface area contributed by atoms with Gasteiger partial charge in [-0.25, -0.2) is 8.42 Å². The Morgan fingerprint density at radius 1 is 0.909 bits per heavy atom. The summed E-state index contributed by atoms with van der Waals surface area (Å²) in [6, 6.07) is 12.0. The summed E-state index contributed by atoms with van der Waals surface area (Å²) >= 11 is 12.6. The maximum absolute atomic E-state index is 12.8. The van der Waals surface area contributed by atoms with Gasteiger partial charge in [-0.3, -0.25) is 9.69 Å². The van der Waals surface area contributed by atoms with Crippen molar-refractivity contribution in [3.63, 3.8) is 0 Å². The van der Waals surface area contributed by atoms with Crippen molar-refractivity contribution in [2.45, 2.75) is 43.5 Å². The van der Waals surface area contributed by atoms with Crippen molar-refractivity contribution in [1.82, 2.24) is 9.21 Å². The summed E-state index contributed by atoms with van der Waals surface area (Å²) < 4.78 is 27.1. The zero-order valence-electron chi connectivity index (χ0n) is 18.5. The fourth-order valence-corrected chi connectivity index (χ4v) is 6.50. The molecule has 2 aromatic carbocycles. The van der Waals surface area contributed by atoms with Crippen LogP contribution in [0.25, 0.3) is 0 Å². The molecule has 0 spiro atoms. The third kappa shape index (κ3) is 5.89. The second-order valence-corrected chi connectivity index (χ2v) is 11.5. The highest BCUT2D eigenvalue weighted by Gasteiger charge is 2.27. The number of amides is 1. The van der Waals surface area contributed by atoms with Crippen LogP contribution in [0.5, 0.6) is 0 Å². The summed E-state index contributed by atoms with van der Waals surface area (Å²) in [7, 11) is -3.47. The maximum Gasteiger partial charge on any atom is 0.243 e. The number of piperidine rings is 2. The van der Waals surface area contributed by atoms with Gasteiger partial charge >= 0.3 is 0 Å². The average Bonchev–Trinajstić information content (AvgIpc) is 2.83. The SMILES string of the molecule is O=C(Nc1ccc(S(=O)(=O)N2CCCCC2)cc1)C1CCN(Cc2c(Cl)cccc2Cl)CC1. The molecule has 0 saturated carbocycles. The minimum absolute atomic E-state index is 0.0305. The van der Waals surface area contributed by atoms with Gasteiger partial charge in [0.15, 0.2) is 0 Å². The van der Waals surface area contributed by atoms with Crippen LogP contribution in [0.3, 0.4) is 0 Å². The van der Waals surface area contributed by atoms with Crippen LogP contribution in [0.15, 0.2) is 47.4 Å². The van der Waals surface area contributed by atoms with Crippen molar-refractivity contribution in [3.8, 4) is 0 Å². The molecule has 2 saturated heterocycles. The van der Waals surface area contributed by atoms with E-state index in [-0.39, 0.29) is 16.7 Å². The molecule has 0 bridgehead atoms. The van der Waals surface area contributed by atoms with Gasteiger partial charge in [0.1, 0.15) is 0 Å². The first-order valence-electron chi connectivity index (χ1n) is 11.4. The normalized spacial score (nSPS) is 18.8. The Bertz CT molecular complexity index is 1060. The van der Waals surface area contributed by atoms with E-state index in [2.05, 4.69) is 10.2 Å². The molecule has 0 atom stereocenters. The summed E-state index contributed by atoms with van der Waals surface area (Å²) in [5, 5.41) is 4.27. The molecule has 2 aliphatic heterocycles. The second kappa shape index (κ2) is 10.7. The molecule has 2 heterocycles. The van der Waals surface area contributed by atoms with Crippen LogP contribution in [0.2, 0.25) is 10.0 Å². The van der Waals surface area contributed by atoms with Gasteiger partial charge in [-0.05, 0) is 75.2 Å². The lowest BCUT2D eigenvalue weighted by molar-refractivity contribution is -0.121. The fraction of sp³-hybridized carbons (Fsp3) is 0.458. The van der Waals surface area contributed by atoms with E-state index < -0.39 is 10.0 Å². The Kier molecular flexibility index (Phi) is 7.97. The van der Waals surface area contributed by atoms with Gasteiger partial charge in [-0.2, -0.15) is 4.31 Å². The van der Waals surface area contributed by atoms with E-state index in [1.54, 1.807) is 28.6 Å². The lowest BCUT2D eigenvalue weighted by Gasteiger charge is -2.31. The van der Waals surface area contributed by atoms with Crippen LogP contribution in [0.1, 0.15) is 37.7 Å². The maximum atomic E-state index is 12.8. The first kappa shape index (κ1) is 24.5. The number of likely N-dealkylation sites (tertiary alicyclic amines) is 1. The van der Waals surface area contributed by atoms with E-state index in [9.17, 15) is 13.2 Å². The summed E-state index contributed by atoms with van der Waals surface area (Å²) in [5.41, 5.74) is 1.53. The number of hydrogen-bond donors (Lipinski definition) is 1. The number of anilines is 1. The number of nitrogens with one attached hydrogen (secondary N) is 1. The zero-order chi connectivity index (χ0) is 23.4. The average molecular weight is 510 g/mol. The predicted octanol–water partition coefficient (Wildman–Crippen LogP) is 5.02. The number of carbonyl (C=O) groups is 1. The Hall–Kier alpha value is -1.64.